The summed E-state index contributed by atoms with van der Waals surface area (Å²) in [6.07, 6.45) is -4.28. The van der Waals surface area contributed by atoms with E-state index in [1.165, 1.54) is 12.1 Å². The Morgan fingerprint density at radius 2 is 2.05 bits per heavy atom. The van der Waals surface area contributed by atoms with E-state index in [0.717, 1.165) is 11.3 Å². The van der Waals surface area contributed by atoms with Crippen molar-refractivity contribution in [3.05, 3.63) is 33.7 Å². The Bertz CT molecular complexity index is 648. The smallest absolute Gasteiger partial charge is 0.319 e. The minimum absolute atomic E-state index is 0.0376. The highest BCUT2D eigenvalue weighted by Gasteiger charge is 2.27. The number of amides is 1. The van der Waals surface area contributed by atoms with Crippen LogP contribution in [0, 0.1) is 0 Å². The minimum Gasteiger partial charge on any atom is -0.319 e. The van der Waals surface area contributed by atoms with E-state index in [1.807, 2.05) is 0 Å². The number of benzene rings is 1. The number of nitrogens with zero attached hydrogens (tertiary/aromatic N) is 2. The second-order valence-corrected chi connectivity index (χ2v) is 6.29. The minimum atomic E-state index is -4.28. The fourth-order valence-corrected chi connectivity index (χ4v) is 2.82. The lowest BCUT2D eigenvalue weighted by Gasteiger charge is -2.10. The Kier molecular flexibility index (Phi) is 5.07. The van der Waals surface area contributed by atoms with E-state index >= 15 is 0 Å². The molecule has 0 aliphatic carbocycles. The molecule has 0 aliphatic rings. The second kappa shape index (κ2) is 6.63. The molecule has 0 atom stereocenters. The van der Waals surface area contributed by atoms with Crippen LogP contribution in [0.4, 0.5) is 18.9 Å². The first kappa shape index (κ1) is 16.1. The molecule has 10 heteroatoms. The topological polar surface area (TPSA) is 54.9 Å². The average molecular weight is 354 g/mol. The van der Waals surface area contributed by atoms with Crippen LogP contribution in [0.2, 0.25) is 4.47 Å². The van der Waals surface area contributed by atoms with Crippen LogP contribution in [0.25, 0.3) is 0 Å². The van der Waals surface area contributed by atoms with Gasteiger partial charge in [0.1, 0.15) is 0 Å². The third kappa shape index (κ3) is 4.87. The lowest BCUT2D eigenvalue weighted by molar-refractivity contribution is -0.105. The molecule has 1 aromatic heterocycles. The van der Waals surface area contributed by atoms with E-state index in [-0.39, 0.29) is 15.2 Å². The normalized spacial score (nSPS) is 11.4. The van der Waals surface area contributed by atoms with Gasteiger partial charge in [0.25, 0.3) is 5.91 Å². The molecule has 0 bridgehead atoms. The molecule has 0 aliphatic heterocycles. The lowest BCUT2D eigenvalue weighted by Crippen LogP contribution is -2.13. The molecular formula is C11H7ClF3N3OS2. The first-order valence-electron chi connectivity index (χ1n) is 5.44. The molecule has 0 fully saturated rings. The molecule has 2 rings (SSSR count). The third-order valence-electron chi connectivity index (χ3n) is 2.12. The standard InChI is InChI=1S/C11H7ClF3N3OS2/c12-10-18-17-9(21-10)8(19)16-6-3-1-2-4-7(6)20-5-11(13,14)15/h1-4H,5H2,(H,16,19). The zero-order valence-corrected chi connectivity index (χ0v) is 12.5. The predicted octanol–water partition coefficient (Wildman–Crippen LogP) is 4.10. The van der Waals surface area contributed by atoms with Crippen molar-refractivity contribution in [3.8, 4) is 0 Å². The van der Waals surface area contributed by atoms with Gasteiger partial charge in [-0.3, -0.25) is 4.79 Å². The van der Waals surface area contributed by atoms with Gasteiger partial charge >= 0.3 is 6.18 Å². The highest BCUT2D eigenvalue weighted by atomic mass is 35.5. The Morgan fingerprint density at radius 1 is 1.33 bits per heavy atom. The Balaban J connectivity index is 2.11. The number of hydrogen-bond donors (Lipinski definition) is 1. The van der Waals surface area contributed by atoms with E-state index < -0.39 is 17.8 Å². The molecule has 1 N–H and O–H groups in total. The second-order valence-electron chi connectivity index (χ2n) is 3.71. The van der Waals surface area contributed by atoms with E-state index in [2.05, 4.69) is 15.5 Å². The van der Waals surface area contributed by atoms with Crippen LogP contribution in [0.5, 0.6) is 0 Å². The fraction of sp³-hybridized carbons (Fsp3) is 0.182. The van der Waals surface area contributed by atoms with Gasteiger partial charge in [-0.1, -0.05) is 23.5 Å². The third-order valence-corrected chi connectivity index (χ3v) is 4.28. The molecule has 21 heavy (non-hydrogen) atoms. The van der Waals surface area contributed by atoms with Crippen molar-refractivity contribution in [1.82, 2.24) is 10.2 Å². The van der Waals surface area contributed by atoms with Gasteiger partial charge in [-0.2, -0.15) is 13.2 Å². The van der Waals surface area contributed by atoms with Gasteiger partial charge in [0.2, 0.25) is 9.47 Å². The number of alkyl halides is 3. The molecule has 1 amide bonds. The molecule has 1 heterocycles. The van der Waals surface area contributed by atoms with E-state index in [0.29, 0.717) is 16.7 Å². The van der Waals surface area contributed by atoms with Crippen molar-refractivity contribution in [1.29, 1.82) is 0 Å². The first-order valence-corrected chi connectivity index (χ1v) is 7.62. The molecule has 112 valence electrons. The Morgan fingerprint density at radius 3 is 2.67 bits per heavy atom. The van der Waals surface area contributed by atoms with Gasteiger partial charge in [0.05, 0.1) is 11.4 Å². The highest BCUT2D eigenvalue weighted by molar-refractivity contribution is 7.99. The SMILES string of the molecule is O=C(Nc1ccccc1SCC(F)(F)F)c1nnc(Cl)s1. The zero-order chi connectivity index (χ0) is 15.5. The number of hydrogen-bond acceptors (Lipinski definition) is 5. The summed E-state index contributed by atoms with van der Waals surface area (Å²) in [5.74, 6) is -1.61. The number of anilines is 1. The summed E-state index contributed by atoms with van der Waals surface area (Å²) >= 11 is 7.06. The van der Waals surface area contributed by atoms with Crippen molar-refractivity contribution in [3.63, 3.8) is 0 Å². The van der Waals surface area contributed by atoms with Crippen LogP contribution in [0.1, 0.15) is 9.80 Å². The number of carbonyl (C=O) groups excluding carboxylic acids is 1. The summed E-state index contributed by atoms with van der Waals surface area (Å²) in [5.41, 5.74) is 0.281. The number of carbonyl (C=O) groups is 1. The number of thioether (sulfide) groups is 1. The van der Waals surface area contributed by atoms with Gasteiger partial charge < -0.3 is 5.32 Å². The van der Waals surface area contributed by atoms with Gasteiger partial charge in [-0.25, -0.2) is 0 Å². The molecule has 0 radical (unpaired) electrons. The van der Waals surface area contributed by atoms with E-state index in [1.54, 1.807) is 12.1 Å². The summed E-state index contributed by atoms with van der Waals surface area (Å²) in [6, 6.07) is 6.22. The van der Waals surface area contributed by atoms with Crippen molar-refractivity contribution in [2.75, 3.05) is 11.1 Å². The largest absolute Gasteiger partial charge is 0.398 e. The van der Waals surface area contributed by atoms with Gasteiger partial charge in [-0.05, 0) is 23.7 Å². The number of halogens is 4. The maximum Gasteiger partial charge on any atom is 0.398 e. The maximum atomic E-state index is 12.3. The number of nitrogens with one attached hydrogen (secondary N) is 1. The number of rotatable bonds is 4. The Labute approximate surface area is 130 Å². The summed E-state index contributed by atoms with van der Waals surface area (Å²) in [4.78, 5) is 12.2. The predicted molar refractivity (Wildman–Crippen MR) is 76.1 cm³/mol. The first-order chi connectivity index (χ1) is 9.85. The van der Waals surface area contributed by atoms with E-state index in [9.17, 15) is 18.0 Å². The van der Waals surface area contributed by atoms with E-state index in [4.69, 9.17) is 11.6 Å². The zero-order valence-electron chi connectivity index (χ0n) is 10.1. The number of para-hydroxylation sites is 1. The van der Waals surface area contributed by atoms with Crippen molar-refractivity contribution < 1.29 is 18.0 Å². The van der Waals surface area contributed by atoms with Crippen LogP contribution >= 0.6 is 34.7 Å². The van der Waals surface area contributed by atoms with Crippen LogP contribution in [-0.4, -0.2) is 28.0 Å². The molecule has 4 nitrogen and oxygen atoms in total. The van der Waals surface area contributed by atoms with Gasteiger partial charge in [0.15, 0.2) is 0 Å². The van der Waals surface area contributed by atoms with Crippen molar-refractivity contribution in [2.24, 2.45) is 0 Å². The summed E-state index contributed by atoms with van der Waals surface area (Å²) in [5, 5.41) is 9.59. The van der Waals surface area contributed by atoms with Crippen molar-refractivity contribution in [2.45, 2.75) is 11.1 Å². The highest BCUT2D eigenvalue weighted by Crippen LogP contribution is 2.32. The Hall–Kier alpha value is -1.32. The molecule has 0 saturated carbocycles. The molecule has 0 saturated heterocycles. The monoisotopic (exact) mass is 353 g/mol. The quantitative estimate of drug-likeness (QED) is 0.841. The molecule has 0 spiro atoms. The summed E-state index contributed by atoms with van der Waals surface area (Å²) in [7, 11) is 0. The molecule has 2 aromatic rings. The van der Waals surface area contributed by atoms with Crippen LogP contribution in [0.15, 0.2) is 29.2 Å². The van der Waals surface area contributed by atoms with Crippen LogP contribution in [-0.2, 0) is 0 Å². The molecular weight excluding hydrogens is 347 g/mol. The summed E-state index contributed by atoms with van der Waals surface area (Å²) in [6.45, 7) is 0. The molecule has 1 aromatic carbocycles. The van der Waals surface area contributed by atoms with Gasteiger partial charge in [-0.15, -0.1) is 22.0 Å². The fourth-order valence-electron chi connectivity index (χ4n) is 1.33. The summed E-state index contributed by atoms with van der Waals surface area (Å²) < 4.78 is 36.9. The number of aromatic nitrogens is 2. The average Bonchev–Trinajstić information content (AvgIpc) is 2.83. The van der Waals surface area contributed by atoms with Crippen LogP contribution < -0.4 is 5.32 Å². The lowest BCUT2D eigenvalue weighted by atomic mass is 10.3. The van der Waals surface area contributed by atoms with Crippen molar-refractivity contribution >= 4 is 46.3 Å². The van der Waals surface area contributed by atoms with Gasteiger partial charge in [0, 0.05) is 4.90 Å². The maximum absolute atomic E-state index is 12.3. The van der Waals surface area contributed by atoms with Crippen LogP contribution in [0.3, 0.4) is 0 Å². The molecule has 0 unspecified atom stereocenters.